The largest absolute Gasteiger partial charge is 0.484 e. The van der Waals surface area contributed by atoms with Crippen molar-refractivity contribution in [3.63, 3.8) is 0 Å². The van der Waals surface area contributed by atoms with Gasteiger partial charge in [-0.15, -0.1) is 0 Å². The van der Waals surface area contributed by atoms with Crippen LogP contribution in [-0.2, 0) is 0 Å². The van der Waals surface area contributed by atoms with Crippen LogP contribution in [0.1, 0.15) is 44.4 Å². The van der Waals surface area contributed by atoms with E-state index in [1.165, 1.54) is 0 Å². The Bertz CT molecular complexity index is 402. The molecule has 2 rings (SSSR count). The Morgan fingerprint density at radius 3 is 2.53 bits per heavy atom. The summed E-state index contributed by atoms with van der Waals surface area (Å²) in [5.74, 6) is 0. The predicted molar refractivity (Wildman–Crippen MR) is 71.3 cm³/mol. The lowest BCUT2D eigenvalue weighted by atomic mass is 9.75. The molecule has 1 aliphatic rings. The number of hydrogen-bond acceptors (Lipinski definition) is 3. The number of aromatic nitrogens is 1. The topological polar surface area (TPSA) is 53.4 Å². The zero-order valence-corrected chi connectivity index (χ0v) is 10.8. The predicted octanol–water partition coefficient (Wildman–Crippen LogP) is 2.37. The molecule has 1 aromatic rings. The molecule has 0 atom stereocenters. The summed E-state index contributed by atoms with van der Waals surface area (Å²) in [6.07, 6.45) is 4.45. The zero-order valence-electron chi connectivity index (χ0n) is 10.8. The van der Waals surface area contributed by atoms with Gasteiger partial charge in [0.15, 0.2) is 0 Å². The van der Waals surface area contributed by atoms with Gasteiger partial charge in [-0.1, -0.05) is 19.9 Å². The second-order valence-corrected chi connectivity index (χ2v) is 3.87. The highest BCUT2D eigenvalue weighted by Crippen LogP contribution is 2.34. The first kappa shape index (κ1) is 13.9. The Morgan fingerprint density at radius 2 is 1.94 bits per heavy atom. The van der Waals surface area contributed by atoms with E-state index in [-0.39, 0.29) is 0 Å². The molecule has 0 spiro atoms. The van der Waals surface area contributed by atoms with E-state index in [1.54, 1.807) is 6.20 Å². The van der Waals surface area contributed by atoms with Crippen molar-refractivity contribution in [2.45, 2.75) is 40.0 Å². The van der Waals surface area contributed by atoms with Crippen LogP contribution in [0, 0.1) is 6.92 Å². The smallest absolute Gasteiger partial charge is 0.423 e. The molecule has 92 valence electrons. The van der Waals surface area contributed by atoms with E-state index >= 15 is 0 Å². The lowest BCUT2D eigenvalue weighted by molar-refractivity contribution is 0.417. The molecule has 0 saturated carbocycles. The van der Waals surface area contributed by atoms with Gasteiger partial charge in [-0.2, -0.15) is 0 Å². The van der Waals surface area contributed by atoms with E-state index in [0.29, 0.717) is 0 Å². The highest BCUT2D eigenvalue weighted by molar-refractivity contribution is 6.52. The third-order valence-electron chi connectivity index (χ3n) is 2.90. The van der Waals surface area contributed by atoms with Crippen molar-refractivity contribution >= 4 is 12.7 Å². The molecule has 1 heterocycles. The van der Waals surface area contributed by atoms with Crippen LogP contribution in [0.5, 0.6) is 0 Å². The van der Waals surface area contributed by atoms with E-state index in [2.05, 4.69) is 4.98 Å². The number of aryl methyl sites for hydroxylation is 1. The van der Waals surface area contributed by atoms with Crippen LogP contribution in [0.4, 0.5) is 0 Å². The Morgan fingerprint density at radius 1 is 1.24 bits per heavy atom. The van der Waals surface area contributed by atoms with Crippen LogP contribution in [0.15, 0.2) is 23.8 Å². The van der Waals surface area contributed by atoms with Crippen LogP contribution in [0.25, 0.3) is 5.57 Å². The second kappa shape index (κ2) is 6.57. The minimum Gasteiger partial charge on any atom is -0.423 e. The lowest BCUT2D eigenvalue weighted by Gasteiger charge is -2.08. The van der Waals surface area contributed by atoms with Gasteiger partial charge in [0, 0.05) is 11.9 Å². The standard InChI is InChI=1S/C11H14BNO2.C2H6/c1-8-9(5-3-7-13-8)10-4-2-6-11(10)12(14)15;1-2/h3,5,7,14-15H,2,4,6H2,1H3;1-2H3. The quantitative estimate of drug-likeness (QED) is 0.771. The van der Waals surface area contributed by atoms with Crippen molar-refractivity contribution < 1.29 is 10.0 Å². The molecule has 3 nitrogen and oxygen atoms in total. The van der Waals surface area contributed by atoms with E-state index in [4.69, 9.17) is 0 Å². The summed E-state index contributed by atoms with van der Waals surface area (Å²) in [4.78, 5) is 4.22. The second-order valence-electron chi connectivity index (χ2n) is 3.87. The minimum atomic E-state index is -1.32. The number of hydrogen-bond donors (Lipinski definition) is 2. The van der Waals surface area contributed by atoms with Gasteiger partial charge < -0.3 is 10.0 Å². The Kier molecular flexibility index (Phi) is 5.39. The monoisotopic (exact) mass is 233 g/mol. The molecule has 1 aromatic heterocycles. The fourth-order valence-electron chi connectivity index (χ4n) is 2.16. The third kappa shape index (κ3) is 3.17. The van der Waals surface area contributed by atoms with Gasteiger partial charge in [-0.3, -0.25) is 4.98 Å². The first-order valence-electron chi connectivity index (χ1n) is 6.20. The fourth-order valence-corrected chi connectivity index (χ4v) is 2.16. The van der Waals surface area contributed by atoms with Gasteiger partial charge in [0.1, 0.15) is 0 Å². The molecule has 0 aliphatic heterocycles. The highest BCUT2D eigenvalue weighted by Gasteiger charge is 2.25. The minimum absolute atomic E-state index is 0.756. The van der Waals surface area contributed by atoms with E-state index in [1.807, 2.05) is 32.9 Å². The van der Waals surface area contributed by atoms with Crippen LogP contribution in [0.2, 0.25) is 0 Å². The third-order valence-corrected chi connectivity index (χ3v) is 2.90. The summed E-state index contributed by atoms with van der Waals surface area (Å²) in [5.41, 5.74) is 3.83. The molecule has 0 amide bonds. The molecule has 4 heteroatoms. The maximum atomic E-state index is 9.25. The van der Waals surface area contributed by atoms with Gasteiger partial charge in [0.05, 0.1) is 0 Å². The highest BCUT2D eigenvalue weighted by atomic mass is 16.4. The molecular formula is C13H20BNO2. The molecule has 0 aromatic carbocycles. The molecule has 0 fully saturated rings. The molecule has 17 heavy (non-hydrogen) atoms. The van der Waals surface area contributed by atoms with Crippen molar-refractivity contribution in [3.05, 3.63) is 35.1 Å². The Balaban J connectivity index is 0.000000686. The van der Waals surface area contributed by atoms with Crippen molar-refractivity contribution in [3.8, 4) is 0 Å². The normalized spacial score (nSPS) is 14.4. The first-order valence-corrected chi connectivity index (χ1v) is 6.20. The van der Waals surface area contributed by atoms with Gasteiger partial charge >= 0.3 is 7.12 Å². The summed E-state index contributed by atoms with van der Waals surface area (Å²) in [7, 11) is -1.32. The first-order chi connectivity index (χ1) is 8.20. The maximum Gasteiger partial charge on any atom is 0.484 e. The SMILES string of the molecule is CC.Cc1ncccc1C1=C(B(O)O)CCC1. The van der Waals surface area contributed by atoms with E-state index < -0.39 is 7.12 Å². The van der Waals surface area contributed by atoms with Gasteiger partial charge in [0.25, 0.3) is 0 Å². The van der Waals surface area contributed by atoms with Gasteiger partial charge in [0.2, 0.25) is 0 Å². The van der Waals surface area contributed by atoms with Crippen LogP contribution < -0.4 is 0 Å². The summed E-state index contributed by atoms with van der Waals surface area (Å²) >= 11 is 0. The average Bonchev–Trinajstić information content (AvgIpc) is 2.81. The molecule has 0 bridgehead atoms. The Labute approximate surface area is 103 Å². The molecule has 0 saturated heterocycles. The van der Waals surface area contributed by atoms with Crippen molar-refractivity contribution in [1.82, 2.24) is 4.98 Å². The maximum absolute atomic E-state index is 9.25. The average molecular weight is 233 g/mol. The van der Waals surface area contributed by atoms with E-state index in [9.17, 15) is 10.0 Å². The van der Waals surface area contributed by atoms with Crippen LogP contribution in [-0.4, -0.2) is 22.2 Å². The van der Waals surface area contributed by atoms with Crippen LogP contribution >= 0.6 is 0 Å². The number of nitrogens with zero attached hydrogens (tertiary/aromatic N) is 1. The fraction of sp³-hybridized carbons (Fsp3) is 0.462. The number of pyridine rings is 1. The number of rotatable bonds is 2. The zero-order chi connectivity index (χ0) is 12.8. The molecule has 2 N–H and O–H groups in total. The number of allylic oxidation sites excluding steroid dienone is 2. The van der Waals surface area contributed by atoms with Crippen molar-refractivity contribution in [1.29, 1.82) is 0 Å². The molecular weight excluding hydrogens is 213 g/mol. The summed E-state index contributed by atoms with van der Waals surface area (Å²) < 4.78 is 0. The van der Waals surface area contributed by atoms with Crippen LogP contribution in [0.3, 0.4) is 0 Å². The summed E-state index contributed by atoms with van der Waals surface area (Å²) in [6, 6.07) is 3.88. The van der Waals surface area contributed by atoms with E-state index in [0.717, 1.165) is 41.6 Å². The molecule has 1 aliphatic carbocycles. The lowest BCUT2D eigenvalue weighted by Crippen LogP contribution is -2.15. The van der Waals surface area contributed by atoms with Gasteiger partial charge in [-0.25, -0.2) is 0 Å². The summed E-state index contributed by atoms with van der Waals surface area (Å²) in [5, 5.41) is 18.5. The van der Waals surface area contributed by atoms with Crippen molar-refractivity contribution in [2.24, 2.45) is 0 Å². The van der Waals surface area contributed by atoms with Crippen molar-refractivity contribution in [2.75, 3.05) is 0 Å². The summed E-state index contributed by atoms with van der Waals surface area (Å²) in [6.45, 7) is 5.95. The van der Waals surface area contributed by atoms with Gasteiger partial charge in [-0.05, 0) is 48.9 Å². The molecule has 0 unspecified atom stereocenters. The molecule has 0 radical (unpaired) electrons. The Hall–Kier alpha value is -1.13.